The zero-order valence-electron chi connectivity index (χ0n) is 14.6. The molecule has 0 amide bonds. The van der Waals surface area contributed by atoms with Crippen molar-refractivity contribution in [3.8, 4) is 11.1 Å². The van der Waals surface area contributed by atoms with Crippen LogP contribution in [-0.4, -0.2) is 30.7 Å². The fraction of sp³-hybridized carbons (Fsp3) is 0.364. The van der Waals surface area contributed by atoms with Gasteiger partial charge in [-0.25, -0.2) is 0 Å². The molecule has 0 saturated heterocycles. The molecule has 2 aromatic carbocycles. The topological polar surface area (TPSA) is 3.24 Å². The van der Waals surface area contributed by atoms with Gasteiger partial charge in [0.25, 0.3) is 0 Å². The lowest BCUT2D eigenvalue weighted by molar-refractivity contribution is -0.0959. The largest absolute Gasteiger partial charge is 0.412 e. The zero-order chi connectivity index (χ0) is 18.1. The summed E-state index contributed by atoms with van der Waals surface area (Å²) in [5, 5.41) is 0. The number of alkyl halides is 3. The molecular weight excluding hydrogens is 335 g/mol. The van der Waals surface area contributed by atoms with Gasteiger partial charge in [-0.05, 0) is 53.5 Å². The quantitative estimate of drug-likeness (QED) is 0.684. The summed E-state index contributed by atoms with van der Waals surface area (Å²) in [4.78, 5) is 2.10. The van der Waals surface area contributed by atoms with Gasteiger partial charge in [-0.1, -0.05) is 48.5 Å². The first-order valence-electron chi connectivity index (χ1n) is 9.19. The molecule has 0 saturated carbocycles. The van der Waals surface area contributed by atoms with Crippen LogP contribution in [0.2, 0.25) is 0 Å². The molecule has 1 aliphatic heterocycles. The van der Waals surface area contributed by atoms with Crippen LogP contribution in [0.3, 0.4) is 0 Å². The Morgan fingerprint density at radius 2 is 1.65 bits per heavy atom. The van der Waals surface area contributed by atoms with Crippen molar-refractivity contribution in [1.82, 2.24) is 4.90 Å². The van der Waals surface area contributed by atoms with E-state index in [4.69, 9.17) is 0 Å². The lowest BCUT2D eigenvalue weighted by atomic mass is 9.84. The van der Waals surface area contributed by atoms with E-state index in [9.17, 15) is 13.2 Å². The molecule has 0 unspecified atom stereocenters. The lowest BCUT2D eigenvalue weighted by Crippen LogP contribution is -2.33. The Morgan fingerprint density at radius 1 is 0.885 bits per heavy atom. The number of rotatable bonds is 3. The fourth-order valence-electron chi connectivity index (χ4n) is 4.00. The van der Waals surface area contributed by atoms with Crippen LogP contribution in [0.4, 0.5) is 13.2 Å². The third-order valence-corrected chi connectivity index (χ3v) is 5.51. The molecule has 26 heavy (non-hydrogen) atoms. The molecule has 1 aliphatic carbocycles. The van der Waals surface area contributed by atoms with E-state index in [1.165, 1.54) is 33.9 Å². The molecule has 0 N–H and O–H groups in total. The molecule has 0 spiro atoms. The molecule has 0 atom stereocenters. The molecular formula is C22H22F3N. The number of hydrogen-bond acceptors (Lipinski definition) is 1. The van der Waals surface area contributed by atoms with E-state index in [0.717, 1.165) is 25.8 Å². The van der Waals surface area contributed by atoms with Gasteiger partial charge in [0.1, 0.15) is 0 Å². The smallest absolute Gasteiger partial charge is 0.299 e. The summed E-state index contributed by atoms with van der Waals surface area (Å²) >= 11 is 0. The third kappa shape index (κ3) is 3.56. The van der Waals surface area contributed by atoms with E-state index in [2.05, 4.69) is 47.4 Å². The second-order valence-corrected chi connectivity index (χ2v) is 7.18. The minimum Gasteiger partial charge on any atom is -0.299 e. The second-order valence-electron chi connectivity index (χ2n) is 7.18. The monoisotopic (exact) mass is 357 g/mol. The van der Waals surface area contributed by atoms with Crippen LogP contribution in [0, 0.1) is 0 Å². The van der Waals surface area contributed by atoms with Crippen molar-refractivity contribution in [2.24, 2.45) is 0 Å². The Hall–Kier alpha value is -2.07. The second kappa shape index (κ2) is 6.92. The molecule has 136 valence electrons. The first-order valence-corrected chi connectivity index (χ1v) is 9.19. The number of fused-ring (bicyclic) bond motifs is 3. The van der Waals surface area contributed by atoms with E-state index in [1.807, 2.05) is 0 Å². The van der Waals surface area contributed by atoms with E-state index in [1.54, 1.807) is 0 Å². The lowest BCUT2D eigenvalue weighted by Gasteiger charge is -2.27. The third-order valence-electron chi connectivity index (χ3n) is 5.51. The first-order chi connectivity index (χ1) is 12.5. The van der Waals surface area contributed by atoms with E-state index in [-0.39, 0.29) is 12.0 Å². The summed E-state index contributed by atoms with van der Waals surface area (Å²) in [6.45, 7) is 1.69. The highest BCUT2D eigenvalue weighted by atomic mass is 19.4. The number of nitrogens with zero attached hydrogens (tertiary/aromatic N) is 1. The van der Waals surface area contributed by atoms with Crippen LogP contribution in [0.5, 0.6) is 0 Å². The van der Waals surface area contributed by atoms with Crippen LogP contribution in [0.1, 0.15) is 23.1 Å². The summed E-state index contributed by atoms with van der Waals surface area (Å²) in [5.74, 6) is 0. The molecule has 0 aromatic heterocycles. The van der Waals surface area contributed by atoms with Crippen LogP contribution < -0.4 is 0 Å². The molecule has 0 radical (unpaired) electrons. The predicted octanol–water partition coefficient (Wildman–Crippen LogP) is 5.19. The van der Waals surface area contributed by atoms with Gasteiger partial charge in [-0.15, -0.1) is 0 Å². The van der Waals surface area contributed by atoms with Crippen molar-refractivity contribution in [1.29, 1.82) is 0 Å². The number of benzene rings is 2. The van der Waals surface area contributed by atoms with Gasteiger partial charge in [0.05, 0.1) is 0 Å². The Bertz CT molecular complexity index is 836. The molecule has 0 fully saturated rings. The van der Waals surface area contributed by atoms with Gasteiger partial charge >= 0.3 is 6.18 Å². The average Bonchev–Trinajstić information content (AvgIpc) is 2.65. The minimum absolute atomic E-state index is 0.102. The highest BCUT2D eigenvalue weighted by Gasteiger charge is 2.34. The fourth-order valence-corrected chi connectivity index (χ4v) is 4.00. The molecule has 2 aromatic rings. The van der Waals surface area contributed by atoms with E-state index < -0.39 is 6.18 Å². The SMILES string of the molecule is FC(F)(F)C1=CCN(CCc2ccc3c(c2)CCc2ccccc2-3)CC1. The summed E-state index contributed by atoms with van der Waals surface area (Å²) in [5.41, 5.74) is 6.36. The van der Waals surface area contributed by atoms with E-state index in [0.29, 0.717) is 13.1 Å². The number of aryl methyl sites for hydroxylation is 2. The molecule has 1 nitrogen and oxygen atoms in total. The van der Waals surface area contributed by atoms with Gasteiger partial charge in [0.2, 0.25) is 0 Å². The molecule has 4 heteroatoms. The van der Waals surface area contributed by atoms with Crippen molar-refractivity contribution in [2.75, 3.05) is 19.6 Å². The summed E-state index contributed by atoms with van der Waals surface area (Å²) < 4.78 is 38.1. The Labute approximate surface area is 152 Å². The maximum Gasteiger partial charge on any atom is 0.412 e. The van der Waals surface area contributed by atoms with Crippen molar-refractivity contribution in [3.63, 3.8) is 0 Å². The Morgan fingerprint density at radius 3 is 2.42 bits per heavy atom. The van der Waals surface area contributed by atoms with Crippen LogP contribution in [-0.2, 0) is 19.3 Å². The van der Waals surface area contributed by atoms with Crippen LogP contribution in [0.15, 0.2) is 54.1 Å². The normalized spacial score (nSPS) is 17.4. The van der Waals surface area contributed by atoms with Crippen molar-refractivity contribution in [2.45, 2.75) is 31.9 Å². The zero-order valence-corrected chi connectivity index (χ0v) is 14.6. The molecule has 4 rings (SSSR count). The van der Waals surface area contributed by atoms with Gasteiger partial charge in [-0.3, -0.25) is 4.90 Å². The van der Waals surface area contributed by atoms with Crippen LogP contribution in [0.25, 0.3) is 11.1 Å². The van der Waals surface area contributed by atoms with Crippen LogP contribution >= 0.6 is 0 Å². The van der Waals surface area contributed by atoms with Crippen molar-refractivity contribution < 1.29 is 13.2 Å². The Balaban J connectivity index is 1.41. The summed E-state index contributed by atoms with van der Waals surface area (Å²) in [7, 11) is 0. The first kappa shape index (κ1) is 17.3. The maximum absolute atomic E-state index is 12.7. The number of halogens is 3. The predicted molar refractivity (Wildman–Crippen MR) is 98.2 cm³/mol. The van der Waals surface area contributed by atoms with E-state index >= 15 is 0 Å². The minimum atomic E-state index is -4.17. The van der Waals surface area contributed by atoms with Gasteiger partial charge in [-0.2, -0.15) is 13.2 Å². The van der Waals surface area contributed by atoms with Gasteiger partial charge < -0.3 is 0 Å². The summed E-state index contributed by atoms with van der Waals surface area (Å²) in [6, 6.07) is 15.2. The standard InChI is InChI=1S/C22H22F3N/c23-22(24,25)19-10-13-26(14-11-19)12-9-16-5-8-21-18(15-16)7-6-17-3-1-2-4-20(17)21/h1-5,8,10,15H,6-7,9,11-14H2. The highest BCUT2D eigenvalue weighted by molar-refractivity contribution is 5.73. The van der Waals surface area contributed by atoms with Gasteiger partial charge in [0.15, 0.2) is 0 Å². The molecule has 0 bridgehead atoms. The molecule has 1 heterocycles. The summed E-state index contributed by atoms with van der Waals surface area (Å²) in [6.07, 6.45) is 0.286. The molecule has 2 aliphatic rings. The maximum atomic E-state index is 12.7. The van der Waals surface area contributed by atoms with Crippen molar-refractivity contribution in [3.05, 3.63) is 70.8 Å². The average molecular weight is 357 g/mol. The number of hydrogen-bond donors (Lipinski definition) is 0. The van der Waals surface area contributed by atoms with Crippen molar-refractivity contribution >= 4 is 0 Å². The Kier molecular flexibility index (Phi) is 4.62. The van der Waals surface area contributed by atoms with Gasteiger partial charge in [0, 0.05) is 25.2 Å². The highest BCUT2D eigenvalue weighted by Crippen LogP contribution is 2.34.